The molecule has 5 nitrogen and oxygen atoms in total. The van der Waals surface area contributed by atoms with E-state index in [1.807, 2.05) is 33.8 Å². The number of anilines is 1. The van der Waals surface area contributed by atoms with Crippen molar-refractivity contribution >= 4 is 5.69 Å². The van der Waals surface area contributed by atoms with Crippen molar-refractivity contribution in [2.45, 2.75) is 27.7 Å². The highest BCUT2D eigenvalue weighted by atomic mass is 15.4. The Hall–Kier alpha value is -1.91. The molecule has 0 unspecified atom stereocenters. The molecule has 0 saturated carbocycles. The highest BCUT2D eigenvalue weighted by molar-refractivity contribution is 5.48. The molecule has 2 aromatic rings. The Bertz CT molecular complexity index is 521. The Kier molecular flexibility index (Phi) is 2.38. The van der Waals surface area contributed by atoms with Gasteiger partial charge in [0.1, 0.15) is 0 Å². The molecule has 0 radical (unpaired) electrons. The molecule has 0 bridgehead atoms. The van der Waals surface area contributed by atoms with Crippen molar-refractivity contribution in [3.05, 3.63) is 28.8 Å². The van der Waals surface area contributed by atoms with Crippen LogP contribution in [0.4, 0.5) is 5.69 Å². The van der Waals surface area contributed by atoms with Gasteiger partial charge in [-0.1, -0.05) is 0 Å². The molecule has 0 aliphatic heterocycles. The molecule has 0 aliphatic carbocycles. The molecular formula is C11H15N5. The van der Waals surface area contributed by atoms with Crippen LogP contribution < -0.4 is 5.73 Å². The van der Waals surface area contributed by atoms with Crippen LogP contribution in [0.25, 0.3) is 5.95 Å². The number of nitrogens with two attached hydrogens (primary N) is 1. The van der Waals surface area contributed by atoms with Crippen LogP contribution in [0.1, 0.15) is 22.8 Å². The fourth-order valence-corrected chi connectivity index (χ4v) is 1.65. The summed E-state index contributed by atoms with van der Waals surface area (Å²) in [5.41, 5.74) is 10.1. The summed E-state index contributed by atoms with van der Waals surface area (Å²) in [7, 11) is 0. The van der Waals surface area contributed by atoms with Crippen LogP contribution >= 0.6 is 0 Å². The zero-order chi connectivity index (χ0) is 11.9. The summed E-state index contributed by atoms with van der Waals surface area (Å²) >= 11 is 0. The van der Waals surface area contributed by atoms with E-state index in [-0.39, 0.29) is 0 Å². The lowest BCUT2D eigenvalue weighted by Gasteiger charge is -2.04. The van der Waals surface area contributed by atoms with E-state index in [1.54, 1.807) is 4.68 Å². The smallest absolute Gasteiger partial charge is 0.251 e. The molecule has 2 heterocycles. The molecule has 16 heavy (non-hydrogen) atoms. The summed E-state index contributed by atoms with van der Waals surface area (Å²) in [6.07, 6.45) is 0. The lowest BCUT2D eigenvalue weighted by atomic mass is 10.3. The summed E-state index contributed by atoms with van der Waals surface area (Å²) in [4.78, 5) is 8.71. The molecule has 0 aliphatic rings. The summed E-state index contributed by atoms with van der Waals surface area (Å²) in [6.45, 7) is 7.66. The summed E-state index contributed by atoms with van der Waals surface area (Å²) in [5, 5.41) is 4.33. The maximum Gasteiger partial charge on any atom is 0.251 e. The van der Waals surface area contributed by atoms with Crippen LogP contribution in [0.2, 0.25) is 0 Å². The third-order valence-electron chi connectivity index (χ3n) is 2.51. The quantitative estimate of drug-likeness (QED) is 0.785. The topological polar surface area (TPSA) is 69.6 Å². The van der Waals surface area contributed by atoms with Gasteiger partial charge >= 0.3 is 0 Å². The fourth-order valence-electron chi connectivity index (χ4n) is 1.65. The first-order chi connectivity index (χ1) is 7.49. The minimum atomic E-state index is 0.579. The van der Waals surface area contributed by atoms with Gasteiger partial charge in [-0.2, -0.15) is 5.10 Å². The minimum absolute atomic E-state index is 0.579. The third-order valence-corrected chi connectivity index (χ3v) is 2.51. The average Bonchev–Trinajstić information content (AvgIpc) is 2.44. The van der Waals surface area contributed by atoms with Crippen molar-refractivity contribution in [2.75, 3.05) is 5.73 Å². The second kappa shape index (κ2) is 3.59. The van der Waals surface area contributed by atoms with Crippen LogP contribution in [0.15, 0.2) is 6.07 Å². The van der Waals surface area contributed by atoms with Crippen LogP contribution in [-0.4, -0.2) is 19.7 Å². The Balaban J connectivity index is 2.62. The maximum absolute atomic E-state index is 5.88. The van der Waals surface area contributed by atoms with Crippen LogP contribution in [0.3, 0.4) is 0 Å². The van der Waals surface area contributed by atoms with Gasteiger partial charge in [-0.15, -0.1) is 0 Å². The van der Waals surface area contributed by atoms with Crippen molar-refractivity contribution in [3.8, 4) is 5.95 Å². The van der Waals surface area contributed by atoms with Crippen LogP contribution in [-0.2, 0) is 0 Å². The molecule has 2 N–H and O–H groups in total. The van der Waals surface area contributed by atoms with E-state index in [9.17, 15) is 0 Å². The number of aryl methyl sites for hydroxylation is 3. The Morgan fingerprint density at radius 2 is 1.62 bits per heavy atom. The first-order valence-corrected chi connectivity index (χ1v) is 5.13. The van der Waals surface area contributed by atoms with Crippen molar-refractivity contribution in [1.82, 2.24) is 19.7 Å². The number of hydrogen-bond donors (Lipinski definition) is 1. The lowest BCUT2D eigenvalue weighted by molar-refractivity contribution is 0.763. The molecule has 0 saturated heterocycles. The number of hydrogen-bond acceptors (Lipinski definition) is 4. The monoisotopic (exact) mass is 217 g/mol. The van der Waals surface area contributed by atoms with Gasteiger partial charge in [-0.25, -0.2) is 14.6 Å². The highest BCUT2D eigenvalue weighted by Gasteiger charge is 2.12. The van der Waals surface area contributed by atoms with Crippen LogP contribution in [0, 0.1) is 27.7 Å². The molecule has 0 fully saturated rings. The predicted molar refractivity (Wildman–Crippen MR) is 62.5 cm³/mol. The fraction of sp³-hybridized carbons (Fsp3) is 0.364. The van der Waals surface area contributed by atoms with E-state index in [1.165, 1.54) is 0 Å². The second-order valence-electron chi connectivity index (χ2n) is 3.95. The first-order valence-electron chi connectivity index (χ1n) is 5.13. The molecule has 2 aromatic heterocycles. The summed E-state index contributed by atoms with van der Waals surface area (Å²) < 4.78 is 1.69. The van der Waals surface area contributed by atoms with E-state index < -0.39 is 0 Å². The molecule has 2 rings (SSSR count). The van der Waals surface area contributed by atoms with Gasteiger partial charge in [-0.05, 0) is 33.8 Å². The third kappa shape index (κ3) is 1.64. The molecule has 0 spiro atoms. The molecule has 0 atom stereocenters. The Morgan fingerprint density at radius 1 is 1.06 bits per heavy atom. The van der Waals surface area contributed by atoms with E-state index >= 15 is 0 Å². The van der Waals surface area contributed by atoms with Crippen molar-refractivity contribution in [1.29, 1.82) is 0 Å². The van der Waals surface area contributed by atoms with Gasteiger partial charge in [0.2, 0.25) is 0 Å². The van der Waals surface area contributed by atoms with Crippen LogP contribution in [0.5, 0.6) is 0 Å². The normalized spacial score (nSPS) is 10.8. The minimum Gasteiger partial charge on any atom is -0.396 e. The summed E-state index contributed by atoms with van der Waals surface area (Å²) in [5.74, 6) is 0.579. The highest BCUT2D eigenvalue weighted by Crippen LogP contribution is 2.17. The number of aromatic nitrogens is 4. The van der Waals surface area contributed by atoms with E-state index in [2.05, 4.69) is 15.1 Å². The zero-order valence-corrected chi connectivity index (χ0v) is 9.94. The van der Waals surface area contributed by atoms with E-state index in [4.69, 9.17) is 5.73 Å². The Morgan fingerprint density at radius 3 is 2.06 bits per heavy atom. The van der Waals surface area contributed by atoms with Gasteiger partial charge in [0.05, 0.1) is 17.1 Å². The van der Waals surface area contributed by atoms with Gasteiger partial charge in [0.15, 0.2) is 0 Å². The molecule has 5 heteroatoms. The van der Waals surface area contributed by atoms with Crippen molar-refractivity contribution in [3.63, 3.8) is 0 Å². The number of nitrogen functional groups attached to an aromatic ring is 1. The molecule has 0 amide bonds. The maximum atomic E-state index is 5.88. The standard InChI is InChI=1S/C11H15N5/c1-6-5-7(2)14-11(13-6)16-9(4)10(12)8(3)15-16/h5H,12H2,1-4H3. The van der Waals surface area contributed by atoms with Gasteiger partial charge in [0.25, 0.3) is 5.95 Å². The molecular weight excluding hydrogens is 202 g/mol. The zero-order valence-electron chi connectivity index (χ0n) is 9.94. The predicted octanol–water partition coefficient (Wildman–Crippen LogP) is 1.48. The molecule has 0 aromatic carbocycles. The van der Waals surface area contributed by atoms with Gasteiger partial charge < -0.3 is 5.73 Å². The SMILES string of the molecule is Cc1cc(C)nc(-n2nc(C)c(N)c2C)n1. The van der Waals surface area contributed by atoms with Gasteiger partial charge in [0, 0.05) is 11.4 Å². The first kappa shape index (κ1) is 10.6. The van der Waals surface area contributed by atoms with Crippen molar-refractivity contribution in [2.24, 2.45) is 0 Å². The Labute approximate surface area is 94.3 Å². The number of rotatable bonds is 1. The average molecular weight is 217 g/mol. The second-order valence-corrected chi connectivity index (χ2v) is 3.95. The largest absolute Gasteiger partial charge is 0.396 e. The summed E-state index contributed by atoms with van der Waals surface area (Å²) in [6, 6.07) is 1.93. The van der Waals surface area contributed by atoms with Crippen molar-refractivity contribution < 1.29 is 0 Å². The number of nitrogens with zero attached hydrogens (tertiary/aromatic N) is 4. The molecule has 84 valence electrons. The van der Waals surface area contributed by atoms with E-state index in [0.29, 0.717) is 11.6 Å². The lowest BCUT2D eigenvalue weighted by Crippen LogP contribution is -2.07. The van der Waals surface area contributed by atoms with E-state index in [0.717, 1.165) is 22.8 Å². The van der Waals surface area contributed by atoms with Gasteiger partial charge in [-0.3, -0.25) is 0 Å².